The predicted octanol–water partition coefficient (Wildman–Crippen LogP) is 3.65. The van der Waals surface area contributed by atoms with E-state index in [0.717, 1.165) is 0 Å². The lowest BCUT2D eigenvalue weighted by Gasteiger charge is -2.27. The third-order valence-electron chi connectivity index (χ3n) is 4.47. The predicted molar refractivity (Wildman–Crippen MR) is 88.7 cm³/mol. The molecule has 0 bridgehead atoms. The second-order valence-electron chi connectivity index (χ2n) is 6.46. The second kappa shape index (κ2) is 7.08. The van der Waals surface area contributed by atoms with Crippen LogP contribution in [0.3, 0.4) is 0 Å². The van der Waals surface area contributed by atoms with E-state index in [0.29, 0.717) is 18.4 Å². The molecule has 0 heterocycles. The first kappa shape index (κ1) is 15.3. The Balaban J connectivity index is 2.09. The standard InChI is InChI=1S/C18H26OSi/c1-20(2,18-12-4-3-5-13-18)14-8-11-16-9-6-7-10-17(16)15-19/h3-5,11-14,16-17,19H,6-7,9-10,15H2,1-2H3/t8?,16-,17-/m0/s1. The van der Waals surface area contributed by atoms with E-state index in [9.17, 15) is 5.11 Å². The van der Waals surface area contributed by atoms with Gasteiger partial charge in [0.1, 0.15) is 8.07 Å². The Labute approximate surface area is 124 Å². The third-order valence-corrected chi connectivity index (χ3v) is 7.18. The summed E-state index contributed by atoms with van der Waals surface area (Å²) in [6.07, 6.45) is 7.15. The van der Waals surface area contributed by atoms with Gasteiger partial charge in [0.05, 0.1) is 0 Å². The third kappa shape index (κ3) is 3.96. The van der Waals surface area contributed by atoms with Gasteiger partial charge in [0, 0.05) is 6.61 Å². The number of aliphatic hydroxyl groups is 1. The lowest BCUT2D eigenvalue weighted by atomic mass is 9.80. The highest BCUT2D eigenvalue weighted by Crippen LogP contribution is 2.30. The average molecular weight is 286 g/mol. The molecule has 1 aromatic carbocycles. The molecule has 1 nitrogen and oxygen atoms in total. The molecule has 0 amide bonds. The fourth-order valence-corrected chi connectivity index (χ4v) is 4.74. The summed E-state index contributed by atoms with van der Waals surface area (Å²) in [5, 5.41) is 10.9. The maximum atomic E-state index is 9.45. The van der Waals surface area contributed by atoms with Crippen LogP contribution in [0.1, 0.15) is 25.7 Å². The van der Waals surface area contributed by atoms with E-state index >= 15 is 0 Å². The number of allylic oxidation sites excluding steroid dienone is 1. The van der Waals surface area contributed by atoms with Crippen molar-refractivity contribution in [1.82, 2.24) is 0 Å². The fourth-order valence-electron chi connectivity index (χ4n) is 3.01. The van der Waals surface area contributed by atoms with Gasteiger partial charge in [0.15, 0.2) is 0 Å². The zero-order chi connectivity index (χ0) is 14.4. The number of hydrogen-bond donors (Lipinski definition) is 1. The summed E-state index contributed by atoms with van der Waals surface area (Å²) in [4.78, 5) is 0. The number of aliphatic hydroxyl groups excluding tert-OH is 1. The van der Waals surface area contributed by atoms with Crippen LogP contribution in [0.4, 0.5) is 0 Å². The summed E-state index contributed by atoms with van der Waals surface area (Å²) in [6, 6.07) is 10.7. The minimum absolute atomic E-state index is 0.322. The first-order valence-corrected chi connectivity index (χ1v) is 10.8. The van der Waals surface area contributed by atoms with Crippen LogP contribution >= 0.6 is 0 Å². The molecular weight excluding hydrogens is 260 g/mol. The molecule has 108 valence electrons. The molecule has 0 radical (unpaired) electrons. The van der Waals surface area contributed by atoms with Crippen LogP contribution in [0.15, 0.2) is 47.8 Å². The van der Waals surface area contributed by atoms with E-state index in [1.54, 1.807) is 0 Å². The molecular formula is C18H26OSi. The lowest BCUT2D eigenvalue weighted by molar-refractivity contribution is 0.157. The van der Waals surface area contributed by atoms with Crippen LogP contribution in [0, 0.1) is 11.8 Å². The Hall–Kier alpha value is -1.08. The Kier molecular flexibility index (Phi) is 5.42. The van der Waals surface area contributed by atoms with Crippen LogP contribution in [0.25, 0.3) is 0 Å². The van der Waals surface area contributed by atoms with Crippen LogP contribution in [0.5, 0.6) is 0 Å². The normalized spacial score (nSPS) is 22.9. The van der Waals surface area contributed by atoms with Crippen LogP contribution in [0.2, 0.25) is 13.1 Å². The summed E-state index contributed by atoms with van der Waals surface area (Å²) in [5.74, 6) is 0.969. The molecule has 1 aliphatic rings. The van der Waals surface area contributed by atoms with Crippen molar-refractivity contribution in [2.75, 3.05) is 6.61 Å². The summed E-state index contributed by atoms with van der Waals surface area (Å²) in [7, 11) is -1.53. The van der Waals surface area contributed by atoms with Gasteiger partial charge in [-0.15, -0.1) is 5.73 Å². The maximum absolute atomic E-state index is 9.45. The van der Waals surface area contributed by atoms with Crippen LogP contribution < -0.4 is 5.19 Å². The highest BCUT2D eigenvalue weighted by atomic mass is 28.3. The highest BCUT2D eigenvalue weighted by molar-refractivity contribution is 6.93. The molecule has 0 spiro atoms. The van der Waals surface area contributed by atoms with Crippen molar-refractivity contribution in [2.45, 2.75) is 38.8 Å². The summed E-state index contributed by atoms with van der Waals surface area (Å²) in [5.41, 5.74) is 5.76. The van der Waals surface area contributed by atoms with Crippen molar-refractivity contribution in [3.63, 3.8) is 0 Å². The van der Waals surface area contributed by atoms with Crippen molar-refractivity contribution in [3.8, 4) is 0 Å². The number of benzene rings is 1. The van der Waals surface area contributed by atoms with E-state index in [4.69, 9.17) is 0 Å². The molecule has 0 aliphatic heterocycles. The molecule has 1 fully saturated rings. The highest BCUT2D eigenvalue weighted by Gasteiger charge is 2.22. The van der Waals surface area contributed by atoms with Gasteiger partial charge in [0.2, 0.25) is 0 Å². The lowest BCUT2D eigenvalue weighted by Crippen LogP contribution is -2.39. The summed E-state index contributed by atoms with van der Waals surface area (Å²) in [6.45, 7) is 5.03. The number of hydrogen-bond acceptors (Lipinski definition) is 1. The quantitative estimate of drug-likeness (QED) is 0.661. The Morgan fingerprint density at radius 2 is 1.90 bits per heavy atom. The van der Waals surface area contributed by atoms with E-state index in [1.165, 1.54) is 30.9 Å². The molecule has 20 heavy (non-hydrogen) atoms. The summed E-state index contributed by atoms with van der Waals surface area (Å²) >= 11 is 0. The smallest absolute Gasteiger partial charge is 0.112 e. The van der Waals surface area contributed by atoms with Crippen molar-refractivity contribution in [1.29, 1.82) is 0 Å². The molecule has 0 aromatic heterocycles. The topological polar surface area (TPSA) is 20.2 Å². The number of rotatable bonds is 4. The van der Waals surface area contributed by atoms with Gasteiger partial charge in [-0.05, 0) is 36.5 Å². The molecule has 0 saturated heterocycles. The SMILES string of the molecule is C[Si](C)(C=C=C[C@@H]1CCCC[C@H]1CO)c1ccccc1. The van der Waals surface area contributed by atoms with Gasteiger partial charge < -0.3 is 5.11 Å². The molecule has 1 aliphatic carbocycles. The van der Waals surface area contributed by atoms with Crippen LogP contribution in [-0.2, 0) is 0 Å². The van der Waals surface area contributed by atoms with E-state index in [-0.39, 0.29) is 0 Å². The van der Waals surface area contributed by atoms with E-state index < -0.39 is 8.07 Å². The Morgan fingerprint density at radius 1 is 1.20 bits per heavy atom. The largest absolute Gasteiger partial charge is 0.396 e. The van der Waals surface area contributed by atoms with E-state index in [1.807, 2.05) is 0 Å². The second-order valence-corrected chi connectivity index (χ2v) is 10.8. The van der Waals surface area contributed by atoms with Gasteiger partial charge in [-0.3, -0.25) is 0 Å². The monoisotopic (exact) mass is 286 g/mol. The zero-order valence-electron chi connectivity index (χ0n) is 12.7. The molecule has 1 saturated carbocycles. The zero-order valence-corrected chi connectivity index (χ0v) is 13.7. The van der Waals surface area contributed by atoms with Gasteiger partial charge in [-0.25, -0.2) is 0 Å². The minimum atomic E-state index is -1.53. The van der Waals surface area contributed by atoms with Crippen LogP contribution in [-0.4, -0.2) is 19.8 Å². The van der Waals surface area contributed by atoms with Gasteiger partial charge >= 0.3 is 0 Å². The summed E-state index contributed by atoms with van der Waals surface area (Å²) < 4.78 is 0. The first-order valence-electron chi connectivity index (χ1n) is 7.73. The molecule has 1 N–H and O–H groups in total. The van der Waals surface area contributed by atoms with Gasteiger partial charge in [-0.1, -0.05) is 61.5 Å². The fraction of sp³-hybridized carbons (Fsp3) is 0.500. The van der Waals surface area contributed by atoms with Gasteiger partial charge in [0.25, 0.3) is 0 Å². The maximum Gasteiger partial charge on any atom is 0.112 e. The molecule has 1 aromatic rings. The molecule has 2 heteroatoms. The average Bonchev–Trinajstić information content (AvgIpc) is 2.48. The van der Waals surface area contributed by atoms with Gasteiger partial charge in [-0.2, -0.15) is 0 Å². The van der Waals surface area contributed by atoms with Crippen molar-refractivity contribution < 1.29 is 5.11 Å². The van der Waals surface area contributed by atoms with E-state index in [2.05, 4.69) is 60.9 Å². The molecule has 0 unspecified atom stereocenters. The molecule has 2 rings (SSSR count). The minimum Gasteiger partial charge on any atom is -0.396 e. The molecule has 2 atom stereocenters. The van der Waals surface area contributed by atoms with Crippen molar-refractivity contribution >= 4 is 13.3 Å². The van der Waals surface area contributed by atoms with Crippen molar-refractivity contribution in [3.05, 3.63) is 47.8 Å². The first-order chi connectivity index (χ1) is 9.63. The van der Waals surface area contributed by atoms with Crippen molar-refractivity contribution in [2.24, 2.45) is 11.8 Å². The Bertz CT molecular complexity index is 471. The Morgan fingerprint density at radius 3 is 2.60 bits per heavy atom.